The van der Waals surface area contributed by atoms with Crippen molar-refractivity contribution in [2.45, 2.75) is 25.8 Å². The number of hydrogen-bond donors (Lipinski definition) is 2. The van der Waals surface area contributed by atoms with Crippen LogP contribution in [0.1, 0.15) is 17.7 Å². The third-order valence-corrected chi connectivity index (χ3v) is 3.54. The summed E-state index contributed by atoms with van der Waals surface area (Å²) in [6, 6.07) is 1.20. The van der Waals surface area contributed by atoms with E-state index in [4.69, 9.17) is 0 Å². The Kier molecular flexibility index (Phi) is 3.20. The zero-order chi connectivity index (χ0) is 15.0. The van der Waals surface area contributed by atoms with Crippen LogP contribution >= 0.6 is 0 Å². The van der Waals surface area contributed by atoms with Crippen molar-refractivity contribution in [2.24, 2.45) is 7.05 Å². The quantitative estimate of drug-likeness (QED) is 0.787. The van der Waals surface area contributed by atoms with Crippen LogP contribution in [0.4, 0.5) is 5.82 Å². The van der Waals surface area contributed by atoms with E-state index >= 15 is 0 Å². The molecule has 21 heavy (non-hydrogen) atoms. The van der Waals surface area contributed by atoms with Crippen LogP contribution in [0.15, 0.2) is 21.9 Å². The van der Waals surface area contributed by atoms with Gasteiger partial charge in [-0.2, -0.15) is 5.10 Å². The predicted octanol–water partition coefficient (Wildman–Crippen LogP) is -0.603. The second-order valence-corrected chi connectivity index (χ2v) is 5.04. The standard InChI is InChI=1S/C13H15N5O3/c1-17-12(8-3-2-4-9(8)16-17)14-11(20)7-18-6-5-10(19)15-13(18)21/h5-6H,2-4,7H2,1H3,(H,14,20)(H,15,19,21). The third-order valence-electron chi connectivity index (χ3n) is 3.54. The van der Waals surface area contributed by atoms with Crippen LogP contribution in [-0.2, 0) is 31.2 Å². The van der Waals surface area contributed by atoms with Crippen molar-refractivity contribution >= 4 is 11.7 Å². The van der Waals surface area contributed by atoms with Crippen molar-refractivity contribution in [1.82, 2.24) is 19.3 Å². The molecule has 0 aromatic carbocycles. The highest BCUT2D eigenvalue weighted by molar-refractivity contribution is 5.90. The lowest BCUT2D eigenvalue weighted by Gasteiger charge is -2.08. The van der Waals surface area contributed by atoms with Gasteiger partial charge in [-0.15, -0.1) is 0 Å². The van der Waals surface area contributed by atoms with Crippen LogP contribution in [0.5, 0.6) is 0 Å². The minimum Gasteiger partial charge on any atom is -0.309 e. The zero-order valence-corrected chi connectivity index (χ0v) is 11.5. The number of aromatic nitrogens is 4. The zero-order valence-electron chi connectivity index (χ0n) is 11.5. The summed E-state index contributed by atoms with van der Waals surface area (Å²) in [6.45, 7) is -0.157. The third kappa shape index (κ3) is 2.51. The molecule has 0 saturated carbocycles. The molecule has 8 heteroatoms. The lowest BCUT2D eigenvalue weighted by atomic mass is 10.2. The molecule has 0 spiro atoms. The molecule has 0 fully saturated rings. The first-order valence-electron chi connectivity index (χ1n) is 6.69. The second-order valence-electron chi connectivity index (χ2n) is 5.04. The molecule has 0 radical (unpaired) electrons. The van der Waals surface area contributed by atoms with Crippen LogP contribution in [0.3, 0.4) is 0 Å². The SMILES string of the molecule is Cn1nc2c(c1NC(=O)Cn1ccc(=O)[nH]c1=O)CCC2. The molecule has 0 saturated heterocycles. The summed E-state index contributed by atoms with van der Waals surface area (Å²) in [5, 5.41) is 7.16. The lowest BCUT2D eigenvalue weighted by Crippen LogP contribution is -2.33. The Labute approximate surface area is 119 Å². The highest BCUT2D eigenvalue weighted by Gasteiger charge is 2.22. The second kappa shape index (κ2) is 5.04. The molecule has 2 aromatic heterocycles. The van der Waals surface area contributed by atoms with E-state index in [1.807, 2.05) is 0 Å². The minimum absolute atomic E-state index is 0.157. The summed E-state index contributed by atoms with van der Waals surface area (Å²) in [5.41, 5.74) is 1.00. The first-order chi connectivity index (χ1) is 10.0. The van der Waals surface area contributed by atoms with Gasteiger partial charge in [-0.3, -0.25) is 23.8 Å². The minimum atomic E-state index is -0.604. The Hall–Kier alpha value is -2.64. The molecule has 110 valence electrons. The van der Waals surface area contributed by atoms with Gasteiger partial charge in [-0.05, 0) is 19.3 Å². The summed E-state index contributed by atoms with van der Waals surface area (Å²) >= 11 is 0. The molecule has 2 N–H and O–H groups in total. The number of carbonyl (C=O) groups excluding carboxylic acids is 1. The topological polar surface area (TPSA) is 102 Å². The number of anilines is 1. The maximum absolute atomic E-state index is 12.1. The number of H-pyrrole nitrogens is 1. The predicted molar refractivity (Wildman–Crippen MR) is 75.2 cm³/mol. The smallest absolute Gasteiger partial charge is 0.309 e. The van der Waals surface area contributed by atoms with Crippen molar-refractivity contribution in [1.29, 1.82) is 0 Å². The molecule has 1 aliphatic rings. The fraction of sp³-hybridized carbons (Fsp3) is 0.385. The number of carbonyl (C=O) groups is 1. The molecular formula is C13H15N5O3. The number of amides is 1. The number of nitrogens with zero attached hydrogens (tertiary/aromatic N) is 3. The maximum Gasteiger partial charge on any atom is 0.328 e. The highest BCUT2D eigenvalue weighted by Crippen LogP contribution is 2.27. The van der Waals surface area contributed by atoms with Gasteiger partial charge in [0, 0.05) is 24.9 Å². The molecule has 2 heterocycles. The number of fused-ring (bicyclic) bond motifs is 1. The van der Waals surface area contributed by atoms with Crippen molar-refractivity contribution in [3.05, 3.63) is 44.4 Å². The molecule has 0 aliphatic heterocycles. The van der Waals surface area contributed by atoms with Crippen LogP contribution in [0, 0.1) is 0 Å². The Bertz CT molecular complexity index is 814. The Morgan fingerprint density at radius 1 is 1.43 bits per heavy atom. The van der Waals surface area contributed by atoms with Crippen molar-refractivity contribution in [3.8, 4) is 0 Å². The van der Waals surface area contributed by atoms with Gasteiger partial charge in [-0.1, -0.05) is 0 Å². The average Bonchev–Trinajstić information content (AvgIpc) is 2.96. The molecule has 3 rings (SSSR count). The summed E-state index contributed by atoms with van der Waals surface area (Å²) in [5.74, 6) is 0.354. The van der Waals surface area contributed by atoms with Crippen LogP contribution < -0.4 is 16.6 Å². The van der Waals surface area contributed by atoms with E-state index in [1.165, 1.54) is 12.3 Å². The highest BCUT2D eigenvalue weighted by atomic mass is 16.2. The fourth-order valence-corrected chi connectivity index (χ4v) is 2.57. The normalized spacial score (nSPS) is 13.2. The van der Waals surface area contributed by atoms with E-state index in [0.717, 1.165) is 35.1 Å². The largest absolute Gasteiger partial charge is 0.328 e. The van der Waals surface area contributed by atoms with Crippen molar-refractivity contribution in [2.75, 3.05) is 5.32 Å². The summed E-state index contributed by atoms with van der Waals surface area (Å²) in [6.07, 6.45) is 4.17. The van der Waals surface area contributed by atoms with E-state index in [1.54, 1.807) is 11.7 Å². The van der Waals surface area contributed by atoms with Gasteiger partial charge < -0.3 is 5.32 Å². The van der Waals surface area contributed by atoms with E-state index in [-0.39, 0.29) is 12.5 Å². The Morgan fingerprint density at radius 3 is 3.00 bits per heavy atom. The average molecular weight is 289 g/mol. The Balaban J connectivity index is 1.78. The number of hydrogen-bond acceptors (Lipinski definition) is 4. The van der Waals surface area contributed by atoms with Crippen LogP contribution in [0.25, 0.3) is 0 Å². The van der Waals surface area contributed by atoms with E-state index in [2.05, 4.69) is 15.4 Å². The van der Waals surface area contributed by atoms with Gasteiger partial charge in [0.05, 0.1) is 5.69 Å². The lowest BCUT2D eigenvalue weighted by molar-refractivity contribution is -0.116. The van der Waals surface area contributed by atoms with Crippen molar-refractivity contribution in [3.63, 3.8) is 0 Å². The van der Waals surface area contributed by atoms with E-state index in [0.29, 0.717) is 5.82 Å². The van der Waals surface area contributed by atoms with Crippen LogP contribution in [-0.4, -0.2) is 25.2 Å². The molecular weight excluding hydrogens is 274 g/mol. The van der Waals surface area contributed by atoms with E-state index < -0.39 is 11.2 Å². The molecule has 2 aromatic rings. The maximum atomic E-state index is 12.1. The van der Waals surface area contributed by atoms with Gasteiger partial charge in [-0.25, -0.2) is 4.79 Å². The molecule has 0 unspecified atom stereocenters. The number of nitrogens with one attached hydrogen (secondary N) is 2. The van der Waals surface area contributed by atoms with Gasteiger partial charge >= 0.3 is 5.69 Å². The van der Waals surface area contributed by atoms with Gasteiger partial charge in [0.1, 0.15) is 12.4 Å². The van der Waals surface area contributed by atoms with Crippen molar-refractivity contribution < 1.29 is 4.79 Å². The fourth-order valence-electron chi connectivity index (χ4n) is 2.57. The first-order valence-corrected chi connectivity index (χ1v) is 6.69. The Morgan fingerprint density at radius 2 is 2.24 bits per heavy atom. The molecule has 8 nitrogen and oxygen atoms in total. The molecule has 1 amide bonds. The van der Waals surface area contributed by atoms with Gasteiger partial charge in [0.15, 0.2) is 0 Å². The monoisotopic (exact) mass is 289 g/mol. The molecule has 0 bridgehead atoms. The van der Waals surface area contributed by atoms with E-state index in [9.17, 15) is 14.4 Å². The first kappa shape index (κ1) is 13.3. The number of rotatable bonds is 3. The summed E-state index contributed by atoms with van der Waals surface area (Å²) in [4.78, 5) is 36.7. The van der Waals surface area contributed by atoms with Crippen LogP contribution in [0.2, 0.25) is 0 Å². The number of aromatic amines is 1. The molecule has 0 atom stereocenters. The van der Waals surface area contributed by atoms with Gasteiger partial charge in [0.2, 0.25) is 5.91 Å². The summed E-state index contributed by atoms with van der Waals surface area (Å²) < 4.78 is 2.80. The molecule has 1 aliphatic carbocycles. The van der Waals surface area contributed by atoms with Gasteiger partial charge in [0.25, 0.3) is 5.56 Å². The number of aryl methyl sites for hydroxylation is 2. The summed E-state index contributed by atoms with van der Waals surface area (Å²) in [7, 11) is 1.78.